The lowest BCUT2D eigenvalue weighted by atomic mass is 10.1. The summed E-state index contributed by atoms with van der Waals surface area (Å²) in [5, 5.41) is 17.5. The summed E-state index contributed by atoms with van der Waals surface area (Å²) >= 11 is 12.6. The van der Waals surface area contributed by atoms with Crippen LogP contribution in [0.1, 0.15) is 21.6 Å². The Morgan fingerprint density at radius 3 is 2.43 bits per heavy atom. The summed E-state index contributed by atoms with van der Waals surface area (Å²) in [7, 11) is 1.59. The Balaban J connectivity index is 1.82. The highest BCUT2D eigenvalue weighted by Crippen LogP contribution is 2.33. The molecule has 2 N–H and O–H groups in total. The number of methoxy groups -OCH3 is 1. The molecule has 0 saturated carbocycles. The number of ether oxygens (including phenoxy) is 1. The van der Waals surface area contributed by atoms with E-state index in [1.165, 1.54) is 0 Å². The number of halogens is 2. The first kappa shape index (κ1) is 24.3. The van der Waals surface area contributed by atoms with Gasteiger partial charge in [0.2, 0.25) is 0 Å². The number of para-hydroxylation sites is 1. The lowest BCUT2D eigenvalue weighted by molar-refractivity contribution is -0.136. The lowest BCUT2D eigenvalue weighted by Crippen LogP contribution is -2.16. The van der Waals surface area contributed by atoms with E-state index in [1.807, 2.05) is 24.3 Å². The minimum atomic E-state index is -0.994. The van der Waals surface area contributed by atoms with Gasteiger partial charge in [0.05, 0.1) is 29.9 Å². The van der Waals surface area contributed by atoms with Crippen LogP contribution in [0.25, 0.3) is 16.9 Å². The largest absolute Gasteiger partial charge is 0.497 e. The smallest absolute Gasteiger partial charge is 0.307 e. The molecule has 0 unspecified atom stereocenters. The predicted molar refractivity (Wildman–Crippen MR) is 136 cm³/mol. The summed E-state index contributed by atoms with van der Waals surface area (Å²) in [6.07, 6.45) is -0.221. The maximum absolute atomic E-state index is 13.3. The van der Waals surface area contributed by atoms with E-state index in [4.69, 9.17) is 27.9 Å². The molecular formula is C26H21Cl2N3O4. The third-order valence-corrected chi connectivity index (χ3v) is 5.98. The van der Waals surface area contributed by atoms with Crippen LogP contribution in [0.2, 0.25) is 10.0 Å². The van der Waals surface area contributed by atoms with Gasteiger partial charge in [0.15, 0.2) is 5.69 Å². The Morgan fingerprint density at radius 2 is 1.77 bits per heavy atom. The zero-order valence-electron chi connectivity index (χ0n) is 18.9. The van der Waals surface area contributed by atoms with Crippen molar-refractivity contribution in [3.05, 3.63) is 93.6 Å². The molecule has 0 atom stereocenters. The number of benzene rings is 3. The van der Waals surface area contributed by atoms with Gasteiger partial charge in [0.25, 0.3) is 5.91 Å². The Labute approximate surface area is 211 Å². The van der Waals surface area contributed by atoms with E-state index in [0.717, 1.165) is 5.56 Å². The summed E-state index contributed by atoms with van der Waals surface area (Å²) in [6.45, 7) is 1.80. The van der Waals surface area contributed by atoms with Crippen LogP contribution in [0, 0.1) is 6.92 Å². The number of carbonyl (C=O) groups is 2. The van der Waals surface area contributed by atoms with Gasteiger partial charge in [0, 0.05) is 21.8 Å². The fourth-order valence-corrected chi connectivity index (χ4v) is 4.26. The van der Waals surface area contributed by atoms with Gasteiger partial charge >= 0.3 is 5.97 Å². The van der Waals surface area contributed by atoms with Crippen molar-refractivity contribution >= 4 is 40.8 Å². The number of anilines is 1. The van der Waals surface area contributed by atoms with Crippen molar-refractivity contribution in [1.82, 2.24) is 9.78 Å². The third kappa shape index (κ3) is 5.16. The summed E-state index contributed by atoms with van der Waals surface area (Å²) in [4.78, 5) is 24.6. The van der Waals surface area contributed by atoms with Crippen molar-refractivity contribution in [2.45, 2.75) is 13.3 Å². The molecule has 4 rings (SSSR count). The van der Waals surface area contributed by atoms with E-state index in [1.54, 1.807) is 61.2 Å². The monoisotopic (exact) mass is 509 g/mol. The highest BCUT2D eigenvalue weighted by molar-refractivity contribution is 6.35. The second-order valence-electron chi connectivity index (χ2n) is 7.74. The molecule has 9 heteroatoms. The van der Waals surface area contributed by atoms with Gasteiger partial charge in [0.1, 0.15) is 5.75 Å². The number of carbonyl (C=O) groups excluding carboxylic acids is 1. The number of hydrogen-bond donors (Lipinski definition) is 2. The second-order valence-corrected chi connectivity index (χ2v) is 8.58. The number of amides is 1. The van der Waals surface area contributed by atoms with Crippen molar-refractivity contribution in [3.8, 4) is 22.7 Å². The number of rotatable bonds is 7. The van der Waals surface area contributed by atoms with Crippen LogP contribution in [0.15, 0.2) is 66.7 Å². The van der Waals surface area contributed by atoms with Crippen molar-refractivity contribution in [2.24, 2.45) is 0 Å². The van der Waals surface area contributed by atoms with Crippen LogP contribution < -0.4 is 10.1 Å². The van der Waals surface area contributed by atoms with Crippen LogP contribution in [0.4, 0.5) is 5.69 Å². The van der Waals surface area contributed by atoms with Gasteiger partial charge < -0.3 is 15.2 Å². The van der Waals surface area contributed by atoms with Gasteiger partial charge in [-0.1, -0.05) is 41.4 Å². The molecule has 1 aromatic heterocycles. The number of aliphatic carboxylic acids is 1. The zero-order valence-corrected chi connectivity index (χ0v) is 20.4. The molecule has 7 nitrogen and oxygen atoms in total. The number of nitrogens with zero attached hydrogens (tertiary/aromatic N) is 2. The zero-order chi connectivity index (χ0) is 25.1. The van der Waals surface area contributed by atoms with Crippen molar-refractivity contribution < 1.29 is 19.4 Å². The number of carboxylic acid groups (broad SMARTS) is 1. The predicted octanol–water partition coefficient (Wildman–Crippen LogP) is 6.04. The minimum absolute atomic E-state index is 0.173. The molecule has 0 saturated heterocycles. The van der Waals surface area contributed by atoms with Crippen LogP contribution >= 0.6 is 23.2 Å². The van der Waals surface area contributed by atoms with Crippen molar-refractivity contribution in [2.75, 3.05) is 12.4 Å². The molecule has 0 radical (unpaired) electrons. The van der Waals surface area contributed by atoms with Crippen molar-refractivity contribution in [1.29, 1.82) is 0 Å². The fourth-order valence-electron chi connectivity index (χ4n) is 3.77. The SMILES string of the molecule is COc1ccc(-c2c(C)c(C(=O)Nc3ccccc3CC(=O)O)nn2-c2ccc(Cl)cc2Cl)cc1. The Morgan fingerprint density at radius 1 is 1.06 bits per heavy atom. The number of carboxylic acids is 1. The Kier molecular flexibility index (Phi) is 7.10. The molecule has 3 aromatic carbocycles. The molecule has 178 valence electrons. The van der Waals surface area contributed by atoms with Crippen molar-refractivity contribution in [3.63, 3.8) is 0 Å². The van der Waals surface area contributed by atoms with E-state index in [0.29, 0.717) is 44.0 Å². The molecule has 0 fully saturated rings. The van der Waals surface area contributed by atoms with Gasteiger partial charge in [-0.25, -0.2) is 4.68 Å². The maximum atomic E-state index is 13.3. The molecule has 1 heterocycles. The van der Waals surface area contributed by atoms with Crippen LogP contribution in [0.3, 0.4) is 0 Å². The number of hydrogen-bond acceptors (Lipinski definition) is 4. The van der Waals surface area contributed by atoms with E-state index in [2.05, 4.69) is 10.4 Å². The first-order valence-electron chi connectivity index (χ1n) is 10.6. The lowest BCUT2D eigenvalue weighted by Gasteiger charge is -2.11. The first-order valence-corrected chi connectivity index (χ1v) is 11.3. The molecule has 1 amide bonds. The molecule has 0 bridgehead atoms. The summed E-state index contributed by atoms with van der Waals surface area (Å²) < 4.78 is 6.87. The summed E-state index contributed by atoms with van der Waals surface area (Å²) in [5.74, 6) is -0.778. The van der Waals surface area contributed by atoms with Gasteiger partial charge in [-0.05, 0) is 61.0 Å². The third-order valence-electron chi connectivity index (χ3n) is 5.45. The molecule has 4 aromatic rings. The van der Waals surface area contributed by atoms with Gasteiger partial charge in [-0.3, -0.25) is 9.59 Å². The molecule has 35 heavy (non-hydrogen) atoms. The highest BCUT2D eigenvalue weighted by Gasteiger charge is 2.24. The highest BCUT2D eigenvalue weighted by atomic mass is 35.5. The standard InChI is InChI=1S/C26H21Cl2N3O4/c1-15-24(26(34)29-21-6-4-3-5-17(21)13-23(32)33)30-31(22-12-9-18(27)14-20(22)28)25(15)16-7-10-19(35-2)11-8-16/h3-12,14H,13H2,1-2H3,(H,29,34)(H,32,33). The van der Waals surface area contributed by atoms with E-state index >= 15 is 0 Å². The topological polar surface area (TPSA) is 93.4 Å². The van der Waals surface area contributed by atoms with Crippen LogP contribution in [-0.4, -0.2) is 33.9 Å². The Bertz CT molecular complexity index is 1410. The van der Waals surface area contributed by atoms with Gasteiger partial charge in [-0.15, -0.1) is 0 Å². The molecule has 0 spiro atoms. The quantitative estimate of drug-likeness (QED) is 0.316. The average molecular weight is 510 g/mol. The Hall–Kier alpha value is -3.81. The maximum Gasteiger partial charge on any atom is 0.307 e. The summed E-state index contributed by atoms with van der Waals surface area (Å²) in [5.41, 5.74) is 3.70. The average Bonchev–Trinajstić information content (AvgIpc) is 3.17. The molecule has 0 aliphatic carbocycles. The normalized spacial score (nSPS) is 10.7. The second kappa shape index (κ2) is 10.2. The van der Waals surface area contributed by atoms with E-state index in [-0.39, 0.29) is 12.1 Å². The van der Waals surface area contributed by atoms with Crippen LogP contribution in [-0.2, 0) is 11.2 Å². The van der Waals surface area contributed by atoms with Crippen LogP contribution in [0.5, 0.6) is 5.75 Å². The summed E-state index contributed by atoms with van der Waals surface area (Å²) in [6, 6.07) is 19.2. The number of aromatic nitrogens is 2. The first-order chi connectivity index (χ1) is 16.8. The molecular weight excluding hydrogens is 489 g/mol. The molecule has 0 aliphatic rings. The minimum Gasteiger partial charge on any atom is -0.497 e. The molecule has 0 aliphatic heterocycles. The van der Waals surface area contributed by atoms with E-state index in [9.17, 15) is 14.7 Å². The fraction of sp³-hybridized carbons (Fsp3) is 0.115. The number of nitrogens with one attached hydrogen (secondary N) is 1. The van der Waals surface area contributed by atoms with Gasteiger partial charge in [-0.2, -0.15) is 5.10 Å². The van der Waals surface area contributed by atoms with E-state index < -0.39 is 11.9 Å².